The largest absolute Gasteiger partial charge is 0.364 e. The Bertz CT molecular complexity index is 532. The number of nitrogens with one attached hydrogen (secondary N) is 1. The van der Waals surface area contributed by atoms with Gasteiger partial charge in [-0.15, -0.1) is 0 Å². The van der Waals surface area contributed by atoms with Crippen LogP contribution < -0.4 is 5.32 Å². The smallest absolute Gasteiger partial charge is 0.277 e. The predicted octanol–water partition coefficient (Wildman–Crippen LogP) is 2.20. The van der Waals surface area contributed by atoms with Gasteiger partial charge in [0.05, 0.1) is 11.4 Å². The van der Waals surface area contributed by atoms with Gasteiger partial charge < -0.3 is 9.84 Å². The molecule has 0 unspecified atom stereocenters. The highest BCUT2D eigenvalue weighted by atomic mass is 16.5. The number of hydrogen-bond donors (Lipinski definition) is 1. The summed E-state index contributed by atoms with van der Waals surface area (Å²) in [5.74, 6) is 0.220. The van der Waals surface area contributed by atoms with E-state index in [1.807, 2.05) is 12.1 Å². The first-order valence-electron chi connectivity index (χ1n) is 5.51. The van der Waals surface area contributed by atoms with Crippen LogP contribution in [0.2, 0.25) is 0 Å². The molecule has 1 saturated carbocycles. The SMILES string of the molecule is O=C(Nc1cccnc1C1CC1)c1ccon1. The molecule has 0 atom stereocenters. The molecule has 3 rings (SSSR count). The molecule has 1 amide bonds. The van der Waals surface area contributed by atoms with E-state index >= 15 is 0 Å². The second kappa shape index (κ2) is 4.01. The number of aromatic nitrogens is 2. The average molecular weight is 229 g/mol. The minimum atomic E-state index is -0.270. The van der Waals surface area contributed by atoms with E-state index in [1.54, 1.807) is 6.20 Å². The number of carbonyl (C=O) groups is 1. The third kappa shape index (κ3) is 2.04. The summed E-state index contributed by atoms with van der Waals surface area (Å²) in [7, 11) is 0. The molecule has 0 aliphatic heterocycles. The topological polar surface area (TPSA) is 68.0 Å². The molecule has 86 valence electrons. The van der Waals surface area contributed by atoms with Gasteiger partial charge in [0.25, 0.3) is 5.91 Å². The summed E-state index contributed by atoms with van der Waals surface area (Å²) in [6.45, 7) is 0. The van der Waals surface area contributed by atoms with Gasteiger partial charge >= 0.3 is 0 Å². The van der Waals surface area contributed by atoms with E-state index in [9.17, 15) is 4.79 Å². The molecule has 17 heavy (non-hydrogen) atoms. The summed E-state index contributed by atoms with van der Waals surface area (Å²) in [6, 6.07) is 5.20. The van der Waals surface area contributed by atoms with E-state index < -0.39 is 0 Å². The van der Waals surface area contributed by atoms with Gasteiger partial charge in [-0.2, -0.15) is 0 Å². The maximum Gasteiger partial charge on any atom is 0.277 e. The van der Waals surface area contributed by atoms with Crippen LogP contribution >= 0.6 is 0 Å². The Hall–Kier alpha value is -2.17. The molecule has 2 aromatic rings. The number of nitrogens with zero attached hydrogens (tertiary/aromatic N) is 2. The average Bonchev–Trinajstić information content (AvgIpc) is 3.04. The van der Waals surface area contributed by atoms with Crippen molar-refractivity contribution in [3.8, 4) is 0 Å². The van der Waals surface area contributed by atoms with E-state index in [2.05, 4.69) is 20.0 Å². The third-order valence-corrected chi connectivity index (χ3v) is 2.72. The van der Waals surface area contributed by atoms with Crippen molar-refractivity contribution in [3.63, 3.8) is 0 Å². The second-order valence-electron chi connectivity index (χ2n) is 4.05. The van der Waals surface area contributed by atoms with Crippen LogP contribution in [0.3, 0.4) is 0 Å². The van der Waals surface area contributed by atoms with Crippen LogP contribution in [0.5, 0.6) is 0 Å². The molecular formula is C12H11N3O2. The lowest BCUT2D eigenvalue weighted by atomic mass is 10.2. The Kier molecular flexibility index (Phi) is 2.36. The summed E-state index contributed by atoms with van der Waals surface area (Å²) in [4.78, 5) is 16.1. The van der Waals surface area contributed by atoms with Gasteiger partial charge in [0.1, 0.15) is 6.26 Å². The van der Waals surface area contributed by atoms with Crippen LogP contribution in [0.1, 0.15) is 34.9 Å². The van der Waals surface area contributed by atoms with E-state index in [0.29, 0.717) is 5.92 Å². The lowest BCUT2D eigenvalue weighted by Crippen LogP contribution is -2.13. The van der Waals surface area contributed by atoms with Gasteiger partial charge in [-0.1, -0.05) is 5.16 Å². The first-order chi connectivity index (χ1) is 8.34. The fourth-order valence-corrected chi connectivity index (χ4v) is 1.72. The van der Waals surface area contributed by atoms with Crippen molar-refractivity contribution >= 4 is 11.6 Å². The monoisotopic (exact) mass is 229 g/mol. The Morgan fingerprint density at radius 1 is 1.41 bits per heavy atom. The second-order valence-corrected chi connectivity index (χ2v) is 4.05. The molecule has 0 bridgehead atoms. The third-order valence-electron chi connectivity index (χ3n) is 2.72. The first kappa shape index (κ1) is 10.0. The van der Waals surface area contributed by atoms with Gasteiger partial charge in [-0.3, -0.25) is 9.78 Å². The van der Waals surface area contributed by atoms with Crippen LogP contribution in [0, 0.1) is 0 Å². The van der Waals surface area contributed by atoms with Crippen LogP contribution in [-0.4, -0.2) is 16.0 Å². The normalized spacial score (nSPS) is 14.6. The number of rotatable bonds is 3. The zero-order chi connectivity index (χ0) is 11.7. The zero-order valence-electron chi connectivity index (χ0n) is 9.09. The quantitative estimate of drug-likeness (QED) is 0.876. The highest BCUT2D eigenvalue weighted by Crippen LogP contribution is 2.42. The Morgan fingerprint density at radius 3 is 3.00 bits per heavy atom. The minimum Gasteiger partial charge on any atom is -0.364 e. The molecule has 0 spiro atoms. The number of amides is 1. The van der Waals surface area contributed by atoms with Crippen molar-refractivity contribution in [2.24, 2.45) is 0 Å². The summed E-state index contributed by atoms with van der Waals surface area (Å²) in [5.41, 5.74) is 2.00. The van der Waals surface area contributed by atoms with Gasteiger partial charge in [0.15, 0.2) is 5.69 Å². The maximum atomic E-state index is 11.8. The number of anilines is 1. The molecule has 0 aromatic carbocycles. The zero-order valence-corrected chi connectivity index (χ0v) is 9.09. The maximum absolute atomic E-state index is 11.8. The number of pyridine rings is 1. The molecule has 0 saturated heterocycles. The van der Waals surface area contributed by atoms with E-state index in [4.69, 9.17) is 0 Å². The highest BCUT2D eigenvalue weighted by molar-refractivity contribution is 6.03. The summed E-state index contributed by atoms with van der Waals surface area (Å²) in [6.07, 6.45) is 5.41. The lowest BCUT2D eigenvalue weighted by Gasteiger charge is -2.07. The van der Waals surface area contributed by atoms with E-state index in [-0.39, 0.29) is 11.6 Å². The van der Waals surface area contributed by atoms with Crippen molar-refractivity contribution in [2.45, 2.75) is 18.8 Å². The molecule has 0 radical (unpaired) electrons. The number of hydrogen-bond acceptors (Lipinski definition) is 4. The number of carbonyl (C=O) groups excluding carboxylic acids is 1. The van der Waals surface area contributed by atoms with Crippen molar-refractivity contribution in [3.05, 3.63) is 42.0 Å². The molecule has 1 aliphatic carbocycles. The standard InChI is InChI=1S/C12H11N3O2/c16-12(10-5-7-17-15-10)14-9-2-1-6-13-11(9)8-3-4-8/h1-2,5-8H,3-4H2,(H,14,16). The molecule has 5 heteroatoms. The fraction of sp³-hybridized carbons (Fsp3) is 0.250. The van der Waals surface area contributed by atoms with Crippen molar-refractivity contribution < 1.29 is 9.32 Å². The molecule has 2 aromatic heterocycles. The predicted molar refractivity (Wildman–Crippen MR) is 60.7 cm³/mol. The van der Waals surface area contributed by atoms with Gasteiger partial charge in [-0.25, -0.2) is 0 Å². The lowest BCUT2D eigenvalue weighted by molar-refractivity contribution is 0.101. The van der Waals surface area contributed by atoms with Crippen molar-refractivity contribution in [2.75, 3.05) is 5.32 Å². The summed E-state index contributed by atoms with van der Waals surface area (Å²) in [5, 5.41) is 6.41. The summed E-state index contributed by atoms with van der Waals surface area (Å²) < 4.78 is 4.64. The van der Waals surface area contributed by atoms with Crippen LogP contribution in [0.25, 0.3) is 0 Å². The van der Waals surface area contributed by atoms with Gasteiger partial charge in [0, 0.05) is 18.2 Å². The Morgan fingerprint density at radius 2 is 2.29 bits per heavy atom. The first-order valence-corrected chi connectivity index (χ1v) is 5.51. The van der Waals surface area contributed by atoms with E-state index in [1.165, 1.54) is 12.3 Å². The van der Waals surface area contributed by atoms with Crippen LogP contribution in [0.15, 0.2) is 35.2 Å². The van der Waals surface area contributed by atoms with Crippen LogP contribution in [0.4, 0.5) is 5.69 Å². The molecule has 5 nitrogen and oxygen atoms in total. The fourth-order valence-electron chi connectivity index (χ4n) is 1.72. The Labute approximate surface area is 97.8 Å². The van der Waals surface area contributed by atoms with Crippen molar-refractivity contribution in [1.82, 2.24) is 10.1 Å². The molecule has 1 N–H and O–H groups in total. The van der Waals surface area contributed by atoms with E-state index in [0.717, 1.165) is 24.2 Å². The molecule has 1 aliphatic rings. The minimum absolute atomic E-state index is 0.270. The molecule has 1 fully saturated rings. The Balaban J connectivity index is 1.83. The van der Waals surface area contributed by atoms with Gasteiger partial charge in [-0.05, 0) is 25.0 Å². The highest BCUT2D eigenvalue weighted by Gasteiger charge is 2.28. The van der Waals surface area contributed by atoms with Crippen LogP contribution in [-0.2, 0) is 0 Å². The summed E-state index contributed by atoms with van der Waals surface area (Å²) >= 11 is 0. The molecule has 2 heterocycles. The molecular weight excluding hydrogens is 218 g/mol. The van der Waals surface area contributed by atoms with Crippen molar-refractivity contribution in [1.29, 1.82) is 0 Å². The van der Waals surface area contributed by atoms with Gasteiger partial charge in [0.2, 0.25) is 0 Å².